The van der Waals surface area contributed by atoms with E-state index in [1.165, 1.54) is 0 Å². The van der Waals surface area contributed by atoms with Gasteiger partial charge >= 0.3 is 0 Å². The fourth-order valence-electron chi connectivity index (χ4n) is 2.34. The maximum Gasteiger partial charge on any atom is 0.232 e. The molecule has 2 atom stereocenters. The molecule has 0 spiro atoms. The summed E-state index contributed by atoms with van der Waals surface area (Å²) in [5.74, 6) is 0.733. The number of hydrogen-bond acceptors (Lipinski definition) is 4. The van der Waals surface area contributed by atoms with Gasteiger partial charge in [0.05, 0.1) is 18.3 Å². The van der Waals surface area contributed by atoms with Crippen molar-refractivity contribution in [2.75, 3.05) is 7.11 Å². The van der Waals surface area contributed by atoms with E-state index in [0.29, 0.717) is 0 Å². The molecule has 0 bridgehead atoms. The monoisotopic (exact) mass is 332 g/mol. The van der Waals surface area contributed by atoms with Gasteiger partial charge in [-0.05, 0) is 36.8 Å². The molecule has 0 saturated carbocycles. The normalized spacial score (nSPS) is 13.9. The Morgan fingerprint density at radius 3 is 2.65 bits per heavy atom. The average Bonchev–Trinajstić information content (AvgIpc) is 2.97. The third-order valence-electron chi connectivity index (χ3n) is 3.57. The second kappa shape index (κ2) is 6.45. The van der Waals surface area contributed by atoms with E-state index in [-0.39, 0.29) is 6.04 Å². The fourth-order valence-corrected chi connectivity index (χ4v) is 2.78. The van der Waals surface area contributed by atoms with Crippen LogP contribution < -0.4 is 9.46 Å². The van der Waals surface area contributed by atoms with Gasteiger partial charge in [0, 0.05) is 12.1 Å². The van der Waals surface area contributed by atoms with Crippen LogP contribution in [-0.2, 0) is 11.3 Å². The van der Waals surface area contributed by atoms with Gasteiger partial charge < -0.3 is 4.74 Å². The van der Waals surface area contributed by atoms with E-state index in [9.17, 15) is 4.21 Å². The van der Waals surface area contributed by atoms with E-state index in [1.807, 2.05) is 49.4 Å². The van der Waals surface area contributed by atoms with E-state index >= 15 is 0 Å². The van der Waals surface area contributed by atoms with Crippen LogP contribution in [0.3, 0.4) is 0 Å². The molecule has 0 aliphatic heterocycles. The fraction of sp³-hybridized carbons (Fsp3) is 0.200. The molecule has 2 aromatic carbocycles. The van der Waals surface area contributed by atoms with Gasteiger partial charge in [0.25, 0.3) is 0 Å². The quantitative estimate of drug-likeness (QED) is 0.699. The van der Waals surface area contributed by atoms with Crippen molar-refractivity contribution in [3.05, 3.63) is 48.0 Å². The average molecular weight is 332 g/mol. The van der Waals surface area contributed by atoms with Crippen molar-refractivity contribution in [3.8, 4) is 11.4 Å². The van der Waals surface area contributed by atoms with Crippen LogP contribution in [0.1, 0.15) is 18.5 Å². The maximum absolute atomic E-state index is 10.8. The molecule has 23 heavy (non-hydrogen) atoms. The highest BCUT2D eigenvalue weighted by Gasteiger charge is 2.10. The number of methoxy groups -OCH3 is 1. The molecule has 0 saturated heterocycles. The Kier molecular flexibility index (Phi) is 4.37. The standard InChI is InChI=1S/C15H16N4O3S/c1-10(17-23(20)21)11-3-5-12(6-4-11)19-15-8-7-13(22-2)9-14(15)16-18-19/h3-10,17H,1-2H3,(H,20,21)/t10-/m0/s1. The molecule has 1 aromatic heterocycles. The van der Waals surface area contributed by atoms with Gasteiger partial charge in [0.15, 0.2) is 0 Å². The molecule has 0 aliphatic rings. The second-order valence-electron chi connectivity index (χ2n) is 5.04. The predicted octanol–water partition coefficient (Wildman–Crippen LogP) is 2.22. The zero-order valence-electron chi connectivity index (χ0n) is 12.6. The van der Waals surface area contributed by atoms with Gasteiger partial charge in [-0.3, -0.25) is 4.55 Å². The van der Waals surface area contributed by atoms with Gasteiger partial charge in [-0.2, -0.15) is 0 Å². The third kappa shape index (κ3) is 3.24. The summed E-state index contributed by atoms with van der Waals surface area (Å²) in [5.41, 5.74) is 3.39. The molecule has 7 nitrogen and oxygen atoms in total. The summed E-state index contributed by atoms with van der Waals surface area (Å²) >= 11 is -2.04. The highest BCUT2D eigenvalue weighted by Crippen LogP contribution is 2.22. The van der Waals surface area contributed by atoms with Crippen LogP contribution in [0.25, 0.3) is 16.7 Å². The molecule has 120 valence electrons. The highest BCUT2D eigenvalue weighted by atomic mass is 32.2. The molecule has 1 unspecified atom stereocenters. The molecule has 0 fully saturated rings. The Morgan fingerprint density at radius 2 is 2.00 bits per heavy atom. The molecule has 8 heteroatoms. The Labute approximate surface area is 135 Å². The minimum atomic E-state index is -2.04. The largest absolute Gasteiger partial charge is 0.497 e. The van der Waals surface area contributed by atoms with Gasteiger partial charge in [0.2, 0.25) is 11.3 Å². The van der Waals surface area contributed by atoms with Crippen molar-refractivity contribution in [3.63, 3.8) is 0 Å². The van der Waals surface area contributed by atoms with Gasteiger partial charge in [0.1, 0.15) is 11.3 Å². The maximum atomic E-state index is 10.8. The second-order valence-corrected chi connectivity index (χ2v) is 5.77. The van der Waals surface area contributed by atoms with Gasteiger partial charge in [-0.25, -0.2) is 13.6 Å². The summed E-state index contributed by atoms with van der Waals surface area (Å²) in [6, 6.07) is 12.9. The zero-order chi connectivity index (χ0) is 16.4. The van der Waals surface area contributed by atoms with Crippen molar-refractivity contribution in [2.24, 2.45) is 0 Å². The smallest absolute Gasteiger partial charge is 0.232 e. The van der Waals surface area contributed by atoms with Crippen LogP contribution in [0.2, 0.25) is 0 Å². The highest BCUT2D eigenvalue weighted by molar-refractivity contribution is 7.77. The minimum Gasteiger partial charge on any atom is -0.497 e. The van der Waals surface area contributed by atoms with E-state index < -0.39 is 11.3 Å². The van der Waals surface area contributed by atoms with Crippen LogP contribution in [-0.4, -0.2) is 30.9 Å². The number of nitrogens with one attached hydrogen (secondary N) is 1. The molecule has 0 radical (unpaired) electrons. The van der Waals surface area contributed by atoms with Crippen molar-refractivity contribution in [2.45, 2.75) is 13.0 Å². The lowest BCUT2D eigenvalue weighted by Gasteiger charge is -2.11. The lowest BCUT2D eigenvalue weighted by Crippen LogP contribution is -2.20. The Hall–Kier alpha value is -2.29. The first-order chi connectivity index (χ1) is 11.1. The van der Waals surface area contributed by atoms with Crippen LogP contribution in [0.4, 0.5) is 0 Å². The minimum absolute atomic E-state index is 0.230. The van der Waals surface area contributed by atoms with E-state index in [0.717, 1.165) is 28.0 Å². The van der Waals surface area contributed by atoms with E-state index in [1.54, 1.807) is 11.8 Å². The molecule has 1 heterocycles. The van der Waals surface area contributed by atoms with Crippen LogP contribution in [0.15, 0.2) is 42.5 Å². The van der Waals surface area contributed by atoms with Crippen molar-refractivity contribution in [1.82, 2.24) is 19.7 Å². The summed E-state index contributed by atoms with van der Waals surface area (Å²) in [7, 11) is 1.61. The summed E-state index contributed by atoms with van der Waals surface area (Å²) in [4.78, 5) is 0. The summed E-state index contributed by atoms with van der Waals surface area (Å²) in [6.45, 7) is 1.82. The lowest BCUT2D eigenvalue weighted by molar-refractivity contribution is 0.415. The van der Waals surface area contributed by atoms with Crippen molar-refractivity contribution in [1.29, 1.82) is 0 Å². The van der Waals surface area contributed by atoms with E-state index in [2.05, 4.69) is 15.0 Å². The van der Waals surface area contributed by atoms with Gasteiger partial charge in [-0.15, -0.1) is 5.10 Å². The molecule has 3 rings (SSSR count). The number of hydrogen-bond donors (Lipinski definition) is 2. The van der Waals surface area contributed by atoms with Crippen molar-refractivity contribution >= 4 is 22.3 Å². The van der Waals surface area contributed by atoms with Crippen LogP contribution >= 0.6 is 0 Å². The zero-order valence-corrected chi connectivity index (χ0v) is 13.4. The topological polar surface area (TPSA) is 89.3 Å². The SMILES string of the molecule is COc1ccc2c(c1)nnn2-c1ccc([C@H](C)NS(=O)O)cc1. The number of benzene rings is 2. The van der Waals surface area contributed by atoms with Crippen LogP contribution in [0, 0.1) is 0 Å². The Morgan fingerprint density at radius 1 is 1.26 bits per heavy atom. The number of aromatic nitrogens is 3. The Balaban J connectivity index is 1.92. The lowest BCUT2D eigenvalue weighted by atomic mass is 10.1. The molecule has 0 amide bonds. The number of fused-ring (bicyclic) bond motifs is 1. The van der Waals surface area contributed by atoms with Crippen LogP contribution in [0.5, 0.6) is 5.75 Å². The number of nitrogens with zero attached hydrogens (tertiary/aromatic N) is 3. The molecule has 3 aromatic rings. The molecule has 2 N–H and O–H groups in total. The molecular weight excluding hydrogens is 316 g/mol. The first kappa shape index (κ1) is 15.6. The number of ether oxygens (including phenoxy) is 1. The Bertz CT molecular complexity index is 848. The summed E-state index contributed by atoms with van der Waals surface area (Å²) in [5, 5.41) is 8.32. The first-order valence-electron chi connectivity index (χ1n) is 6.95. The number of rotatable bonds is 5. The van der Waals surface area contributed by atoms with Gasteiger partial charge in [-0.1, -0.05) is 17.3 Å². The summed E-state index contributed by atoms with van der Waals surface area (Å²) in [6.07, 6.45) is 0. The third-order valence-corrected chi connectivity index (χ3v) is 4.12. The molecular formula is C15H16N4O3S. The predicted molar refractivity (Wildman–Crippen MR) is 87.7 cm³/mol. The first-order valence-corrected chi connectivity index (χ1v) is 8.06. The molecule has 0 aliphatic carbocycles. The van der Waals surface area contributed by atoms with Crippen molar-refractivity contribution < 1.29 is 13.5 Å². The van der Waals surface area contributed by atoms with E-state index in [4.69, 9.17) is 9.29 Å². The summed E-state index contributed by atoms with van der Waals surface area (Å²) < 4.78 is 29.1.